The lowest BCUT2D eigenvalue weighted by Crippen LogP contribution is -2.45. The molecular weight excluding hydrogens is 244 g/mol. The molecule has 2 amide bonds. The minimum atomic E-state index is -0.475. The van der Waals surface area contributed by atoms with Crippen LogP contribution in [0.15, 0.2) is 0 Å². The number of ether oxygens (including phenoxy) is 1. The van der Waals surface area contributed by atoms with E-state index in [1.807, 2.05) is 6.92 Å². The molecule has 0 aromatic heterocycles. The molecule has 1 fully saturated rings. The fraction of sp³-hybridized carbons (Fsp3) is 0.714. The number of amides is 2. The molecule has 0 radical (unpaired) electrons. The third-order valence-electron chi connectivity index (χ3n) is 3.42. The van der Waals surface area contributed by atoms with Gasteiger partial charge in [0.1, 0.15) is 6.10 Å². The van der Waals surface area contributed by atoms with Crippen molar-refractivity contribution in [2.75, 3.05) is 13.1 Å². The van der Waals surface area contributed by atoms with Crippen molar-refractivity contribution in [3.05, 3.63) is 0 Å². The normalized spacial score (nSPS) is 20.4. The largest absolute Gasteiger partial charge is 0.462 e. The van der Waals surface area contributed by atoms with Crippen LogP contribution < -0.4 is 5.73 Å². The molecule has 5 heteroatoms. The summed E-state index contributed by atoms with van der Waals surface area (Å²) in [5.41, 5.74) is 5.24. The molecule has 5 nitrogen and oxygen atoms in total. The van der Waals surface area contributed by atoms with Crippen molar-refractivity contribution in [2.24, 2.45) is 11.7 Å². The minimum absolute atomic E-state index is 0.132. The summed E-state index contributed by atoms with van der Waals surface area (Å²) in [4.78, 5) is 24.7. The van der Waals surface area contributed by atoms with Crippen molar-refractivity contribution >= 4 is 12.0 Å². The second-order valence-electron chi connectivity index (χ2n) is 4.83. The van der Waals surface area contributed by atoms with Gasteiger partial charge in [-0.2, -0.15) is 0 Å². The summed E-state index contributed by atoms with van der Waals surface area (Å²) in [5.74, 6) is 2.04. The highest BCUT2D eigenvalue weighted by molar-refractivity contribution is 5.76. The Balaban J connectivity index is 2.47. The van der Waals surface area contributed by atoms with E-state index < -0.39 is 6.03 Å². The van der Waals surface area contributed by atoms with E-state index in [1.165, 1.54) is 4.90 Å². The van der Waals surface area contributed by atoms with Gasteiger partial charge in [-0.15, -0.1) is 12.3 Å². The zero-order chi connectivity index (χ0) is 14.3. The first-order valence-corrected chi connectivity index (χ1v) is 6.76. The highest BCUT2D eigenvalue weighted by Gasteiger charge is 2.29. The monoisotopic (exact) mass is 266 g/mol. The summed E-state index contributed by atoms with van der Waals surface area (Å²) in [5, 5.41) is 0. The number of nitrogens with zero attached hydrogens (tertiary/aromatic N) is 1. The first-order chi connectivity index (χ1) is 9.08. The standard InChI is InChI=1S/C14H22N2O3/c1-3-5-8-12(4-2)19-13(17)11-7-6-9-16(10-11)14(15)18/h1,11-12H,4-10H2,2H3,(H2,15,18)/t11-,12+/m1/s1. The number of piperidine rings is 1. The van der Waals surface area contributed by atoms with Crippen LogP contribution in [0.3, 0.4) is 0 Å². The molecule has 1 rings (SSSR count). The topological polar surface area (TPSA) is 72.6 Å². The van der Waals surface area contributed by atoms with E-state index in [0.717, 1.165) is 19.3 Å². The van der Waals surface area contributed by atoms with Gasteiger partial charge in [-0.1, -0.05) is 6.92 Å². The Bertz CT molecular complexity index is 362. The molecule has 0 unspecified atom stereocenters. The van der Waals surface area contributed by atoms with Crippen LogP contribution in [0.4, 0.5) is 4.79 Å². The van der Waals surface area contributed by atoms with E-state index in [9.17, 15) is 9.59 Å². The maximum absolute atomic E-state index is 12.0. The lowest BCUT2D eigenvalue weighted by atomic mass is 9.98. The number of primary amides is 1. The maximum atomic E-state index is 12.0. The van der Waals surface area contributed by atoms with Gasteiger partial charge in [-0.25, -0.2) is 4.79 Å². The first-order valence-electron chi connectivity index (χ1n) is 6.76. The van der Waals surface area contributed by atoms with Crippen molar-refractivity contribution in [2.45, 2.75) is 45.1 Å². The van der Waals surface area contributed by atoms with Crippen LogP contribution in [0.25, 0.3) is 0 Å². The predicted octanol–water partition coefficient (Wildman–Crippen LogP) is 1.51. The highest BCUT2D eigenvalue weighted by atomic mass is 16.5. The van der Waals surface area contributed by atoms with Crippen molar-refractivity contribution < 1.29 is 14.3 Å². The molecule has 19 heavy (non-hydrogen) atoms. The smallest absolute Gasteiger partial charge is 0.314 e. The molecule has 0 spiro atoms. The summed E-state index contributed by atoms with van der Waals surface area (Å²) < 4.78 is 5.46. The lowest BCUT2D eigenvalue weighted by Gasteiger charge is -2.31. The van der Waals surface area contributed by atoms with Crippen molar-refractivity contribution in [3.8, 4) is 12.3 Å². The Hall–Kier alpha value is -1.70. The van der Waals surface area contributed by atoms with Crippen LogP contribution in [0, 0.1) is 18.3 Å². The zero-order valence-corrected chi connectivity index (χ0v) is 11.4. The maximum Gasteiger partial charge on any atom is 0.314 e. The SMILES string of the molecule is C#CCC[C@H](CC)OC(=O)[C@@H]1CCCN(C(N)=O)C1. The Morgan fingerprint density at radius 3 is 2.89 bits per heavy atom. The van der Waals surface area contributed by atoms with Crippen molar-refractivity contribution in [3.63, 3.8) is 0 Å². The molecule has 2 atom stereocenters. The van der Waals surface area contributed by atoms with E-state index >= 15 is 0 Å². The molecule has 1 heterocycles. The molecule has 0 bridgehead atoms. The Kier molecular flexibility index (Phi) is 6.20. The van der Waals surface area contributed by atoms with Crippen LogP contribution in [-0.4, -0.2) is 36.1 Å². The van der Waals surface area contributed by atoms with Crippen LogP contribution in [0.2, 0.25) is 0 Å². The van der Waals surface area contributed by atoms with E-state index in [4.69, 9.17) is 16.9 Å². The third-order valence-corrected chi connectivity index (χ3v) is 3.42. The molecule has 1 aliphatic heterocycles. The predicted molar refractivity (Wildman–Crippen MR) is 72.1 cm³/mol. The summed E-state index contributed by atoms with van der Waals surface area (Å²) >= 11 is 0. The average molecular weight is 266 g/mol. The number of rotatable bonds is 5. The van der Waals surface area contributed by atoms with Gasteiger partial charge in [-0.05, 0) is 25.7 Å². The fourth-order valence-electron chi connectivity index (χ4n) is 2.22. The number of likely N-dealkylation sites (tertiary alicyclic amines) is 1. The number of carbonyl (C=O) groups is 2. The molecule has 106 valence electrons. The molecule has 1 aliphatic rings. The quantitative estimate of drug-likeness (QED) is 0.605. The summed E-state index contributed by atoms with van der Waals surface area (Å²) in [6, 6.07) is -0.475. The number of carbonyl (C=O) groups excluding carboxylic acids is 2. The average Bonchev–Trinajstić information content (AvgIpc) is 2.43. The molecule has 2 N–H and O–H groups in total. The highest BCUT2D eigenvalue weighted by Crippen LogP contribution is 2.19. The Labute approximate surface area is 114 Å². The van der Waals surface area contributed by atoms with Gasteiger partial charge in [0, 0.05) is 19.5 Å². The van der Waals surface area contributed by atoms with Gasteiger partial charge in [0.25, 0.3) is 0 Å². The van der Waals surface area contributed by atoms with Gasteiger partial charge >= 0.3 is 12.0 Å². The molecule has 0 aliphatic carbocycles. The van der Waals surface area contributed by atoms with Crippen molar-refractivity contribution in [1.29, 1.82) is 0 Å². The van der Waals surface area contributed by atoms with Gasteiger partial charge in [0.15, 0.2) is 0 Å². The van der Waals surface area contributed by atoms with Crippen LogP contribution in [-0.2, 0) is 9.53 Å². The van der Waals surface area contributed by atoms with Crippen LogP contribution >= 0.6 is 0 Å². The second kappa shape index (κ2) is 7.67. The van der Waals surface area contributed by atoms with Crippen molar-refractivity contribution in [1.82, 2.24) is 4.90 Å². The summed E-state index contributed by atoms with van der Waals surface area (Å²) in [7, 11) is 0. The molecule has 1 saturated heterocycles. The number of urea groups is 1. The molecule has 0 aromatic rings. The van der Waals surface area contributed by atoms with E-state index in [-0.39, 0.29) is 18.0 Å². The Morgan fingerprint density at radius 2 is 2.32 bits per heavy atom. The first kappa shape index (κ1) is 15.4. The summed E-state index contributed by atoms with van der Waals surface area (Å²) in [6.07, 6.45) is 8.64. The molecular formula is C14H22N2O3. The van der Waals surface area contributed by atoms with Gasteiger partial charge in [0.2, 0.25) is 0 Å². The molecule has 0 saturated carbocycles. The number of esters is 1. The lowest BCUT2D eigenvalue weighted by molar-refractivity contribution is -0.156. The number of terminal acetylenes is 1. The molecule has 0 aromatic carbocycles. The van der Waals surface area contributed by atoms with Gasteiger partial charge in [-0.3, -0.25) is 4.79 Å². The van der Waals surface area contributed by atoms with E-state index in [0.29, 0.717) is 25.9 Å². The third kappa shape index (κ3) is 4.82. The van der Waals surface area contributed by atoms with Gasteiger partial charge in [0.05, 0.1) is 5.92 Å². The minimum Gasteiger partial charge on any atom is -0.462 e. The number of hydrogen-bond donors (Lipinski definition) is 1. The van der Waals surface area contributed by atoms with E-state index in [2.05, 4.69) is 5.92 Å². The van der Waals surface area contributed by atoms with Gasteiger partial charge < -0.3 is 15.4 Å². The number of nitrogens with two attached hydrogens (primary N) is 1. The van der Waals surface area contributed by atoms with Crippen LogP contribution in [0.1, 0.15) is 39.0 Å². The van der Waals surface area contributed by atoms with Crippen LogP contribution in [0.5, 0.6) is 0 Å². The second-order valence-corrected chi connectivity index (χ2v) is 4.83. The number of hydrogen-bond acceptors (Lipinski definition) is 3. The van der Waals surface area contributed by atoms with E-state index in [1.54, 1.807) is 0 Å². The fourth-order valence-corrected chi connectivity index (χ4v) is 2.22. The summed E-state index contributed by atoms with van der Waals surface area (Å²) in [6.45, 7) is 2.94. The zero-order valence-electron chi connectivity index (χ0n) is 11.4. The Morgan fingerprint density at radius 1 is 1.58 bits per heavy atom.